The van der Waals surface area contributed by atoms with Gasteiger partial charge >= 0.3 is 0 Å². The molecule has 0 fully saturated rings. The molecule has 0 spiro atoms. The Hall–Kier alpha value is -2.70. The van der Waals surface area contributed by atoms with E-state index in [0.717, 1.165) is 0 Å². The molecule has 0 unspecified atom stereocenters. The zero-order valence-corrected chi connectivity index (χ0v) is 14.3. The summed E-state index contributed by atoms with van der Waals surface area (Å²) in [5.41, 5.74) is 0.521. The quantitative estimate of drug-likeness (QED) is 0.872. The number of nitrogens with one attached hydrogen (secondary N) is 1. The predicted molar refractivity (Wildman–Crippen MR) is 88.0 cm³/mol. The van der Waals surface area contributed by atoms with Gasteiger partial charge in [-0.3, -0.25) is 9.59 Å². The molecule has 7 heteroatoms. The molecule has 1 aromatic heterocycles. The third-order valence-electron chi connectivity index (χ3n) is 3.58. The van der Waals surface area contributed by atoms with Gasteiger partial charge < -0.3 is 14.7 Å². The highest BCUT2D eigenvalue weighted by molar-refractivity contribution is 5.97. The number of carbonyl (C=O) groups is 2. The van der Waals surface area contributed by atoms with E-state index in [1.807, 2.05) is 19.9 Å². The zero-order chi connectivity index (χ0) is 17.7. The molecular formula is C17H22N4O3. The largest absolute Gasteiger partial charge is 0.340 e. The summed E-state index contributed by atoms with van der Waals surface area (Å²) in [7, 11) is 1.65. The van der Waals surface area contributed by atoms with E-state index in [1.54, 1.807) is 38.2 Å². The number of hydrogen-bond donors (Lipinski definition) is 1. The van der Waals surface area contributed by atoms with Crippen LogP contribution < -0.4 is 5.32 Å². The summed E-state index contributed by atoms with van der Waals surface area (Å²) in [6.07, 6.45) is 0. The maximum atomic E-state index is 12.7. The van der Waals surface area contributed by atoms with Crippen molar-refractivity contribution in [3.8, 4) is 0 Å². The van der Waals surface area contributed by atoms with Crippen molar-refractivity contribution in [2.75, 3.05) is 7.05 Å². The van der Waals surface area contributed by atoms with Gasteiger partial charge in [-0.1, -0.05) is 37.2 Å². The summed E-state index contributed by atoms with van der Waals surface area (Å²) in [4.78, 5) is 30.6. The second-order valence-corrected chi connectivity index (χ2v) is 5.99. The first-order valence-corrected chi connectivity index (χ1v) is 7.78. The lowest BCUT2D eigenvalue weighted by atomic mass is 10.0. The summed E-state index contributed by atoms with van der Waals surface area (Å²) < 4.78 is 4.91. The van der Waals surface area contributed by atoms with Crippen molar-refractivity contribution in [3.05, 3.63) is 47.6 Å². The zero-order valence-electron chi connectivity index (χ0n) is 14.3. The van der Waals surface area contributed by atoms with Gasteiger partial charge in [-0.25, -0.2) is 0 Å². The predicted octanol–water partition coefficient (Wildman–Crippen LogP) is 1.79. The molecule has 2 aromatic rings. The molecule has 0 aliphatic heterocycles. The summed E-state index contributed by atoms with van der Waals surface area (Å²) >= 11 is 0. The maximum absolute atomic E-state index is 12.7. The number of aryl methyl sites for hydroxylation is 1. The smallest absolute Gasteiger partial charge is 0.251 e. The Morgan fingerprint density at radius 2 is 1.92 bits per heavy atom. The molecule has 0 bridgehead atoms. The first kappa shape index (κ1) is 17.7. The SMILES string of the molecule is Cc1nc(CN(C)C(=O)[C@@H](NC(=O)c2ccccc2)C(C)C)no1. The number of nitrogens with zero attached hydrogens (tertiary/aromatic N) is 3. The fraction of sp³-hybridized carbons (Fsp3) is 0.412. The Kier molecular flexibility index (Phi) is 5.68. The van der Waals surface area contributed by atoms with E-state index in [4.69, 9.17) is 4.52 Å². The molecule has 2 amide bonds. The molecule has 2 rings (SSSR count). The van der Waals surface area contributed by atoms with Crippen LogP contribution in [0.4, 0.5) is 0 Å². The van der Waals surface area contributed by atoms with Crippen LogP contribution >= 0.6 is 0 Å². The van der Waals surface area contributed by atoms with E-state index in [0.29, 0.717) is 17.3 Å². The minimum Gasteiger partial charge on any atom is -0.340 e. The summed E-state index contributed by atoms with van der Waals surface area (Å²) in [5, 5.41) is 6.59. The van der Waals surface area contributed by atoms with Crippen LogP contribution in [0.15, 0.2) is 34.9 Å². The van der Waals surface area contributed by atoms with Gasteiger partial charge in [-0.05, 0) is 18.1 Å². The maximum Gasteiger partial charge on any atom is 0.251 e. The highest BCUT2D eigenvalue weighted by atomic mass is 16.5. The molecule has 7 nitrogen and oxygen atoms in total. The molecule has 128 valence electrons. The van der Waals surface area contributed by atoms with E-state index < -0.39 is 6.04 Å². The lowest BCUT2D eigenvalue weighted by molar-refractivity contribution is -0.133. The van der Waals surface area contributed by atoms with Crippen LogP contribution in [0.2, 0.25) is 0 Å². The molecule has 1 atom stereocenters. The molecule has 24 heavy (non-hydrogen) atoms. The topological polar surface area (TPSA) is 88.3 Å². The summed E-state index contributed by atoms with van der Waals surface area (Å²) in [6.45, 7) is 5.69. The fourth-order valence-electron chi connectivity index (χ4n) is 2.26. The first-order chi connectivity index (χ1) is 11.4. The number of aromatic nitrogens is 2. The van der Waals surface area contributed by atoms with Crippen LogP contribution in [0.3, 0.4) is 0 Å². The van der Waals surface area contributed by atoms with Gasteiger partial charge in [0.1, 0.15) is 6.04 Å². The van der Waals surface area contributed by atoms with E-state index >= 15 is 0 Å². The normalized spacial score (nSPS) is 12.0. The number of rotatable bonds is 6. The lowest BCUT2D eigenvalue weighted by Crippen LogP contribution is -2.50. The molecule has 1 aromatic carbocycles. The van der Waals surface area contributed by atoms with Gasteiger partial charge in [0.2, 0.25) is 11.8 Å². The van der Waals surface area contributed by atoms with Gasteiger partial charge in [0.15, 0.2) is 5.82 Å². The molecular weight excluding hydrogens is 308 g/mol. The van der Waals surface area contributed by atoms with E-state index in [2.05, 4.69) is 15.5 Å². The second kappa shape index (κ2) is 7.72. The van der Waals surface area contributed by atoms with Gasteiger partial charge in [-0.15, -0.1) is 0 Å². The van der Waals surface area contributed by atoms with Crippen LogP contribution in [0.5, 0.6) is 0 Å². The van der Waals surface area contributed by atoms with Crippen molar-refractivity contribution in [3.63, 3.8) is 0 Å². The van der Waals surface area contributed by atoms with E-state index in [1.165, 1.54) is 4.90 Å². The second-order valence-electron chi connectivity index (χ2n) is 5.99. The molecule has 1 heterocycles. The van der Waals surface area contributed by atoms with Crippen molar-refractivity contribution >= 4 is 11.8 Å². The van der Waals surface area contributed by atoms with Crippen LogP contribution in [0.1, 0.15) is 35.9 Å². The molecule has 0 saturated heterocycles. The molecule has 1 N–H and O–H groups in total. The molecule has 0 aliphatic carbocycles. The van der Waals surface area contributed by atoms with E-state index in [-0.39, 0.29) is 24.3 Å². The number of amides is 2. The average Bonchev–Trinajstić information content (AvgIpc) is 2.97. The average molecular weight is 330 g/mol. The Morgan fingerprint density at radius 3 is 2.46 bits per heavy atom. The Balaban J connectivity index is 2.05. The van der Waals surface area contributed by atoms with Gasteiger partial charge in [0.25, 0.3) is 5.91 Å². The molecule has 0 radical (unpaired) electrons. The number of hydrogen-bond acceptors (Lipinski definition) is 5. The Bertz CT molecular complexity index is 697. The monoisotopic (exact) mass is 330 g/mol. The van der Waals surface area contributed by atoms with Crippen molar-refractivity contribution < 1.29 is 14.1 Å². The Morgan fingerprint density at radius 1 is 1.25 bits per heavy atom. The highest BCUT2D eigenvalue weighted by Crippen LogP contribution is 2.09. The van der Waals surface area contributed by atoms with Crippen molar-refractivity contribution in [1.82, 2.24) is 20.4 Å². The molecule has 0 aliphatic rings. The third kappa shape index (κ3) is 4.41. The minimum atomic E-state index is -0.629. The first-order valence-electron chi connectivity index (χ1n) is 7.78. The summed E-state index contributed by atoms with van der Waals surface area (Å²) in [6, 6.07) is 8.20. The summed E-state index contributed by atoms with van der Waals surface area (Å²) in [5.74, 6) is 0.353. The van der Waals surface area contributed by atoms with Crippen molar-refractivity contribution in [2.24, 2.45) is 5.92 Å². The van der Waals surface area contributed by atoms with Crippen LogP contribution in [-0.4, -0.2) is 39.9 Å². The van der Waals surface area contributed by atoms with Gasteiger partial charge in [-0.2, -0.15) is 4.98 Å². The van der Waals surface area contributed by atoms with Crippen LogP contribution in [-0.2, 0) is 11.3 Å². The lowest BCUT2D eigenvalue weighted by Gasteiger charge is -2.26. The van der Waals surface area contributed by atoms with Crippen LogP contribution in [0, 0.1) is 12.8 Å². The molecule has 0 saturated carbocycles. The highest BCUT2D eigenvalue weighted by Gasteiger charge is 2.28. The fourth-order valence-corrected chi connectivity index (χ4v) is 2.26. The standard InChI is InChI=1S/C17H22N4O3/c1-11(2)15(19-16(22)13-8-6-5-7-9-13)17(23)21(4)10-14-18-12(3)24-20-14/h5-9,11,15H,10H2,1-4H3,(H,19,22)/t15-/m0/s1. The van der Waals surface area contributed by atoms with Crippen LogP contribution in [0.25, 0.3) is 0 Å². The van der Waals surface area contributed by atoms with Crippen molar-refractivity contribution in [1.29, 1.82) is 0 Å². The van der Waals surface area contributed by atoms with Crippen molar-refractivity contribution in [2.45, 2.75) is 33.4 Å². The number of carbonyl (C=O) groups excluding carboxylic acids is 2. The number of benzene rings is 1. The van der Waals surface area contributed by atoms with E-state index in [9.17, 15) is 9.59 Å². The van der Waals surface area contributed by atoms with Gasteiger partial charge in [0.05, 0.1) is 6.54 Å². The van der Waals surface area contributed by atoms with Gasteiger partial charge in [0, 0.05) is 19.5 Å². The Labute approximate surface area is 141 Å². The number of likely N-dealkylation sites (N-methyl/N-ethyl adjacent to an activating group) is 1. The minimum absolute atomic E-state index is 0.0559. The third-order valence-corrected chi connectivity index (χ3v) is 3.58.